The average molecular weight is 252 g/mol. The molecule has 0 bridgehead atoms. The summed E-state index contributed by atoms with van der Waals surface area (Å²) in [5.74, 6) is 0. The van der Waals surface area contributed by atoms with Gasteiger partial charge in [-0.05, 0) is 42.5 Å². The molecular weight excluding hydrogens is 236 g/mol. The van der Waals surface area contributed by atoms with Gasteiger partial charge in [-0.3, -0.25) is 0 Å². The van der Waals surface area contributed by atoms with Crippen molar-refractivity contribution in [2.45, 2.75) is 32.1 Å². The Morgan fingerprint density at radius 1 is 1.12 bits per heavy atom. The van der Waals surface area contributed by atoms with Crippen LogP contribution in [0.4, 0.5) is 0 Å². The summed E-state index contributed by atoms with van der Waals surface area (Å²) >= 11 is 7.86. The van der Waals surface area contributed by atoms with Crippen molar-refractivity contribution in [3.63, 3.8) is 0 Å². The number of hydrogen-bond donors (Lipinski definition) is 0. The van der Waals surface area contributed by atoms with E-state index in [9.17, 15) is 0 Å². The molecule has 0 spiro atoms. The molecule has 1 aromatic heterocycles. The van der Waals surface area contributed by atoms with E-state index in [1.165, 1.54) is 40.6 Å². The lowest BCUT2D eigenvalue weighted by Crippen LogP contribution is -1.80. The summed E-state index contributed by atoms with van der Waals surface area (Å²) in [5.41, 5.74) is 0. The van der Waals surface area contributed by atoms with Crippen molar-refractivity contribution in [1.29, 1.82) is 0 Å². The third-order valence-electron chi connectivity index (χ3n) is 2.70. The minimum atomic E-state index is 0.828. The van der Waals surface area contributed by atoms with Crippen LogP contribution in [0.15, 0.2) is 24.3 Å². The van der Waals surface area contributed by atoms with Crippen LogP contribution in [0, 0.1) is 6.92 Å². The lowest BCUT2D eigenvalue weighted by atomic mass is 10.1. The number of hydrogen-bond acceptors (Lipinski definition) is 1. The minimum absolute atomic E-state index is 0.828. The number of rotatable bonds is 5. The average Bonchev–Trinajstić information content (AvgIpc) is 2.66. The zero-order valence-electron chi connectivity index (χ0n) is 9.34. The van der Waals surface area contributed by atoms with Gasteiger partial charge in [0, 0.05) is 14.6 Å². The number of thiophene rings is 1. The van der Waals surface area contributed by atoms with Crippen LogP contribution >= 0.6 is 22.9 Å². The summed E-state index contributed by atoms with van der Waals surface area (Å²) in [6.45, 7) is 3.86. The van der Waals surface area contributed by atoms with Crippen molar-refractivity contribution >= 4 is 33.0 Å². The molecule has 0 saturated carbocycles. The van der Waals surface area contributed by atoms with Crippen LogP contribution in [-0.2, 0) is 6.42 Å². The van der Waals surface area contributed by atoms with Crippen LogP contribution in [0.3, 0.4) is 0 Å². The van der Waals surface area contributed by atoms with Gasteiger partial charge in [0.2, 0.25) is 0 Å². The van der Waals surface area contributed by atoms with Gasteiger partial charge in [-0.25, -0.2) is 0 Å². The molecule has 0 aliphatic carbocycles. The van der Waals surface area contributed by atoms with Gasteiger partial charge >= 0.3 is 0 Å². The predicted octanol–water partition coefficient (Wildman–Crippen LogP) is 5.49. The molecule has 0 unspecified atom stereocenters. The monoisotopic (exact) mass is 251 g/mol. The van der Waals surface area contributed by atoms with E-state index < -0.39 is 0 Å². The maximum Gasteiger partial charge on any atom is 0.0412 e. The van der Waals surface area contributed by atoms with Crippen molar-refractivity contribution in [3.8, 4) is 0 Å². The number of fused-ring (bicyclic) bond motifs is 1. The zero-order valence-corrected chi connectivity index (χ0v) is 10.9. The summed E-state index contributed by atoms with van der Waals surface area (Å²) in [6, 6.07) is 8.40. The molecule has 0 aliphatic rings. The van der Waals surface area contributed by atoms with Gasteiger partial charge in [-0.2, -0.15) is 0 Å². The third-order valence-corrected chi connectivity index (χ3v) is 4.11. The zero-order chi connectivity index (χ0) is 11.4. The molecule has 1 heterocycles. The van der Waals surface area contributed by atoms with E-state index in [-0.39, 0.29) is 0 Å². The molecule has 0 fully saturated rings. The second-order valence-electron chi connectivity index (χ2n) is 4.06. The van der Waals surface area contributed by atoms with E-state index in [0.717, 1.165) is 11.4 Å². The maximum atomic E-state index is 5.97. The first-order chi connectivity index (χ1) is 7.79. The van der Waals surface area contributed by atoms with Crippen LogP contribution < -0.4 is 0 Å². The summed E-state index contributed by atoms with van der Waals surface area (Å²) in [7, 11) is 0. The molecule has 0 amide bonds. The molecule has 2 heteroatoms. The first-order valence-corrected chi connectivity index (χ1v) is 6.96. The van der Waals surface area contributed by atoms with Gasteiger partial charge in [0.05, 0.1) is 0 Å². The van der Waals surface area contributed by atoms with E-state index in [1.54, 1.807) is 0 Å². The van der Waals surface area contributed by atoms with E-state index in [1.807, 2.05) is 23.5 Å². The van der Waals surface area contributed by atoms with Crippen LogP contribution in [0.25, 0.3) is 10.1 Å². The minimum Gasteiger partial charge on any atom is -0.140 e. The Kier molecular flexibility index (Phi) is 4.25. The fraction of sp³-hybridized carbons (Fsp3) is 0.357. The number of aryl methyl sites for hydroxylation is 1. The highest BCUT2D eigenvalue weighted by molar-refractivity contribution is 7.19. The fourth-order valence-corrected chi connectivity index (χ4v) is 3.11. The van der Waals surface area contributed by atoms with Crippen molar-refractivity contribution in [2.75, 3.05) is 0 Å². The van der Waals surface area contributed by atoms with Crippen LogP contribution in [0.2, 0.25) is 5.02 Å². The topological polar surface area (TPSA) is 0 Å². The highest BCUT2D eigenvalue weighted by Gasteiger charge is 2.02. The Bertz CT molecular complexity index is 459. The van der Waals surface area contributed by atoms with Gasteiger partial charge in [0.1, 0.15) is 0 Å². The molecule has 1 radical (unpaired) electrons. The first-order valence-electron chi connectivity index (χ1n) is 5.77. The van der Waals surface area contributed by atoms with E-state index in [2.05, 4.69) is 19.1 Å². The molecule has 0 aliphatic heterocycles. The summed E-state index contributed by atoms with van der Waals surface area (Å²) in [4.78, 5) is 1.47. The number of unbranched alkanes of at least 4 members (excludes halogenated alkanes) is 3. The molecular formula is C14H16ClS. The fourth-order valence-electron chi connectivity index (χ4n) is 1.85. The van der Waals surface area contributed by atoms with Gasteiger partial charge in [-0.15, -0.1) is 11.3 Å². The van der Waals surface area contributed by atoms with E-state index in [0.29, 0.717) is 0 Å². The van der Waals surface area contributed by atoms with Gasteiger partial charge in [0.15, 0.2) is 0 Å². The third kappa shape index (κ3) is 2.99. The SMILES string of the molecule is [CH2]CCCCCc1cc2cc(Cl)ccc2s1. The van der Waals surface area contributed by atoms with E-state index >= 15 is 0 Å². The lowest BCUT2D eigenvalue weighted by Gasteiger charge is -1.95. The van der Waals surface area contributed by atoms with Crippen LogP contribution in [0.5, 0.6) is 0 Å². The molecule has 16 heavy (non-hydrogen) atoms. The molecule has 0 saturated heterocycles. The highest BCUT2D eigenvalue weighted by atomic mass is 35.5. The Morgan fingerprint density at radius 3 is 2.81 bits per heavy atom. The summed E-state index contributed by atoms with van der Waals surface area (Å²) in [6.07, 6.45) is 6.06. The molecule has 1 aromatic carbocycles. The molecule has 2 aromatic rings. The van der Waals surface area contributed by atoms with Crippen molar-refractivity contribution in [2.24, 2.45) is 0 Å². The Balaban J connectivity index is 2.02. The van der Waals surface area contributed by atoms with Crippen LogP contribution in [-0.4, -0.2) is 0 Å². The molecule has 0 atom stereocenters. The largest absolute Gasteiger partial charge is 0.140 e. The van der Waals surface area contributed by atoms with Crippen molar-refractivity contribution in [3.05, 3.63) is 41.1 Å². The molecule has 2 rings (SSSR count). The summed E-state index contributed by atoms with van der Waals surface area (Å²) in [5, 5.41) is 2.11. The quantitative estimate of drug-likeness (QED) is 0.617. The number of halogens is 1. The van der Waals surface area contributed by atoms with Crippen molar-refractivity contribution in [1.82, 2.24) is 0 Å². The smallest absolute Gasteiger partial charge is 0.0412 e. The van der Waals surface area contributed by atoms with E-state index in [4.69, 9.17) is 11.6 Å². The highest BCUT2D eigenvalue weighted by Crippen LogP contribution is 2.29. The second kappa shape index (κ2) is 5.70. The first kappa shape index (κ1) is 11.9. The predicted molar refractivity (Wildman–Crippen MR) is 74.4 cm³/mol. The standard InChI is InChI=1S/C14H16ClS/c1-2-3-4-5-6-13-10-11-9-12(15)7-8-14(11)16-13/h7-10H,1-6H2. The Morgan fingerprint density at radius 2 is 2.00 bits per heavy atom. The van der Waals surface area contributed by atoms with Crippen LogP contribution in [0.1, 0.15) is 30.6 Å². The molecule has 85 valence electrons. The summed E-state index contributed by atoms with van der Waals surface area (Å²) < 4.78 is 1.34. The molecule has 0 N–H and O–H groups in total. The van der Waals surface area contributed by atoms with Gasteiger partial charge in [0.25, 0.3) is 0 Å². The lowest BCUT2D eigenvalue weighted by molar-refractivity contribution is 0.690. The van der Waals surface area contributed by atoms with Gasteiger partial charge in [-0.1, -0.05) is 37.8 Å². The number of benzene rings is 1. The molecule has 0 nitrogen and oxygen atoms in total. The normalized spacial score (nSPS) is 11.1. The van der Waals surface area contributed by atoms with Crippen molar-refractivity contribution < 1.29 is 0 Å². The maximum absolute atomic E-state index is 5.97. The van der Waals surface area contributed by atoms with Gasteiger partial charge < -0.3 is 0 Å². The Hall–Kier alpha value is -0.530. The second-order valence-corrected chi connectivity index (χ2v) is 5.66. The Labute approximate surface area is 106 Å².